The number of nitrogens with zero attached hydrogens (tertiary/aromatic N) is 1. The lowest BCUT2D eigenvalue weighted by atomic mass is 10.1. The van der Waals surface area contributed by atoms with Crippen LogP contribution in [0.5, 0.6) is 0 Å². The van der Waals surface area contributed by atoms with Crippen molar-refractivity contribution >= 4 is 55.5 Å². The third-order valence-corrected chi connectivity index (χ3v) is 5.30. The Morgan fingerprint density at radius 1 is 1.08 bits per heavy atom. The van der Waals surface area contributed by atoms with Crippen molar-refractivity contribution in [2.75, 3.05) is 20.6 Å². The standard InChI is InChI=1S/C20H23NO2S.HI/c1-4-15(12-21(2)3)23-13-14-9-10-19-17(11-14)20(22)16-7-5-6-8-18(16)24-19;/h5-11,15H,4,12-13H2,1-3H3;1H. The first-order valence-corrected chi connectivity index (χ1v) is 9.11. The SMILES string of the molecule is CCC(CN(C)C)OCc1ccc2sc3ccccc3c(=O)c2c1.I. The molecule has 0 saturated carbocycles. The second-order valence-corrected chi connectivity index (χ2v) is 7.45. The van der Waals surface area contributed by atoms with E-state index in [1.54, 1.807) is 11.3 Å². The Kier molecular flexibility index (Phi) is 7.37. The fourth-order valence-electron chi connectivity index (χ4n) is 2.86. The van der Waals surface area contributed by atoms with Crippen molar-refractivity contribution in [3.05, 3.63) is 58.3 Å². The zero-order valence-corrected chi connectivity index (χ0v) is 18.0. The normalized spacial score (nSPS) is 12.5. The van der Waals surface area contributed by atoms with Gasteiger partial charge in [-0.25, -0.2) is 0 Å². The van der Waals surface area contributed by atoms with E-state index in [1.807, 2.05) is 36.4 Å². The molecule has 0 aliphatic rings. The molecule has 3 aromatic rings. The number of benzene rings is 2. The number of rotatable bonds is 6. The van der Waals surface area contributed by atoms with Gasteiger partial charge in [-0.15, -0.1) is 35.3 Å². The minimum atomic E-state index is 0. The summed E-state index contributed by atoms with van der Waals surface area (Å²) >= 11 is 1.66. The highest BCUT2D eigenvalue weighted by Crippen LogP contribution is 2.25. The van der Waals surface area contributed by atoms with Crippen LogP contribution in [-0.4, -0.2) is 31.6 Å². The average Bonchev–Trinajstić information content (AvgIpc) is 2.59. The van der Waals surface area contributed by atoms with Crippen LogP contribution in [-0.2, 0) is 11.3 Å². The number of likely N-dealkylation sites (N-methyl/N-ethyl adjacent to an activating group) is 1. The molecule has 0 radical (unpaired) electrons. The van der Waals surface area contributed by atoms with Crippen LogP contribution >= 0.6 is 35.3 Å². The topological polar surface area (TPSA) is 29.5 Å². The maximum atomic E-state index is 12.7. The maximum absolute atomic E-state index is 12.7. The van der Waals surface area contributed by atoms with Gasteiger partial charge >= 0.3 is 0 Å². The molecule has 0 amide bonds. The Morgan fingerprint density at radius 3 is 2.52 bits per heavy atom. The van der Waals surface area contributed by atoms with Crippen molar-refractivity contribution in [2.24, 2.45) is 0 Å². The highest BCUT2D eigenvalue weighted by atomic mass is 127. The molecule has 0 bridgehead atoms. The van der Waals surface area contributed by atoms with Crippen LogP contribution < -0.4 is 5.43 Å². The van der Waals surface area contributed by atoms with Gasteiger partial charge in [0, 0.05) is 26.7 Å². The van der Waals surface area contributed by atoms with E-state index in [0.29, 0.717) is 6.61 Å². The summed E-state index contributed by atoms with van der Waals surface area (Å²) in [5.74, 6) is 0. The molecule has 25 heavy (non-hydrogen) atoms. The van der Waals surface area contributed by atoms with Crippen molar-refractivity contribution in [1.82, 2.24) is 4.90 Å². The first kappa shape index (κ1) is 20.3. The summed E-state index contributed by atoms with van der Waals surface area (Å²) in [6, 6.07) is 13.9. The minimum Gasteiger partial charge on any atom is -0.372 e. The summed E-state index contributed by atoms with van der Waals surface area (Å²) < 4.78 is 8.09. The predicted octanol–water partition coefficient (Wildman–Crippen LogP) is 4.89. The fraction of sp³-hybridized carbons (Fsp3) is 0.350. The summed E-state index contributed by atoms with van der Waals surface area (Å²) in [6.45, 7) is 3.58. The van der Waals surface area contributed by atoms with E-state index in [0.717, 1.165) is 38.7 Å². The molecule has 134 valence electrons. The van der Waals surface area contributed by atoms with Crippen molar-refractivity contribution in [1.29, 1.82) is 0 Å². The highest BCUT2D eigenvalue weighted by molar-refractivity contribution is 14.0. The largest absolute Gasteiger partial charge is 0.372 e. The summed E-state index contributed by atoms with van der Waals surface area (Å²) in [5, 5.41) is 1.59. The molecule has 1 aromatic heterocycles. The second-order valence-electron chi connectivity index (χ2n) is 6.36. The van der Waals surface area contributed by atoms with Crippen molar-refractivity contribution < 1.29 is 4.74 Å². The van der Waals surface area contributed by atoms with Crippen LogP contribution in [0.2, 0.25) is 0 Å². The number of hydrogen-bond donors (Lipinski definition) is 0. The third-order valence-electron chi connectivity index (χ3n) is 4.15. The molecule has 1 unspecified atom stereocenters. The molecule has 0 aliphatic carbocycles. The highest BCUT2D eigenvalue weighted by Gasteiger charge is 2.10. The van der Waals surface area contributed by atoms with E-state index in [1.165, 1.54) is 0 Å². The molecule has 2 aromatic carbocycles. The van der Waals surface area contributed by atoms with Gasteiger partial charge in [0.2, 0.25) is 0 Å². The Morgan fingerprint density at radius 2 is 1.80 bits per heavy atom. The lowest BCUT2D eigenvalue weighted by Gasteiger charge is -2.20. The maximum Gasteiger partial charge on any atom is 0.195 e. The molecular weight excluding hydrogens is 445 g/mol. The van der Waals surface area contributed by atoms with E-state index < -0.39 is 0 Å². The van der Waals surface area contributed by atoms with Gasteiger partial charge in [-0.3, -0.25) is 4.79 Å². The van der Waals surface area contributed by atoms with Gasteiger partial charge < -0.3 is 9.64 Å². The fourth-order valence-corrected chi connectivity index (χ4v) is 3.91. The molecule has 3 rings (SSSR count). The molecular formula is C20H24INO2S. The van der Waals surface area contributed by atoms with Gasteiger partial charge in [0.05, 0.1) is 12.7 Å². The molecule has 0 N–H and O–H groups in total. The number of hydrogen-bond acceptors (Lipinski definition) is 4. The lowest BCUT2D eigenvalue weighted by molar-refractivity contribution is 0.0221. The molecule has 0 spiro atoms. The molecule has 0 saturated heterocycles. The van der Waals surface area contributed by atoms with Gasteiger partial charge in [0.1, 0.15) is 0 Å². The molecule has 1 atom stereocenters. The van der Waals surface area contributed by atoms with E-state index >= 15 is 0 Å². The smallest absolute Gasteiger partial charge is 0.195 e. The van der Waals surface area contributed by atoms with Crippen LogP contribution in [0.4, 0.5) is 0 Å². The van der Waals surface area contributed by atoms with Crippen LogP contribution in [0.25, 0.3) is 20.2 Å². The van der Waals surface area contributed by atoms with Crippen molar-refractivity contribution in [3.63, 3.8) is 0 Å². The van der Waals surface area contributed by atoms with Crippen LogP contribution in [0.3, 0.4) is 0 Å². The van der Waals surface area contributed by atoms with E-state index in [9.17, 15) is 4.79 Å². The average molecular weight is 469 g/mol. The Balaban J connectivity index is 0.00000225. The van der Waals surface area contributed by atoms with Gasteiger partial charge in [0.15, 0.2) is 5.43 Å². The third kappa shape index (κ3) is 4.78. The minimum absolute atomic E-state index is 0. The van der Waals surface area contributed by atoms with E-state index in [2.05, 4.69) is 32.0 Å². The van der Waals surface area contributed by atoms with Gasteiger partial charge in [-0.2, -0.15) is 0 Å². The molecule has 0 aliphatic heterocycles. The van der Waals surface area contributed by atoms with Gasteiger partial charge in [-0.05, 0) is 50.3 Å². The van der Waals surface area contributed by atoms with Gasteiger partial charge in [-0.1, -0.05) is 25.1 Å². The number of ether oxygens (including phenoxy) is 1. The summed E-state index contributed by atoms with van der Waals surface area (Å²) in [6.07, 6.45) is 1.19. The zero-order chi connectivity index (χ0) is 17.1. The van der Waals surface area contributed by atoms with Crippen LogP contribution in [0, 0.1) is 0 Å². The van der Waals surface area contributed by atoms with Crippen LogP contribution in [0.1, 0.15) is 18.9 Å². The Hall–Kier alpha value is -1.02. The summed E-state index contributed by atoms with van der Waals surface area (Å²) in [4.78, 5) is 14.9. The molecule has 3 nitrogen and oxygen atoms in total. The Labute approximate surface area is 169 Å². The summed E-state index contributed by atoms with van der Waals surface area (Å²) in [7, 11) is 4.11. The molecule has 1 heterocycles. The predicted molar refractivity (Wildman–Crippen MR) is 118 cm³/mol. The number of halogens is 1. The summed E-state index contributed by atoms with van der Waals surface area (Å²) in [5.41, 5.74) is 1.17. The van der Waals surface area contributed by atoms with Crippen LogP contribution in [0.15, 0.2) is 47.3 Å². The van der Waals surface area contributed by atoms with Crippen molar-refractivity contribution in [3.8, 4) is 0 Å². The monoisotopic (exact) mass is 469 g/mol. The lowest BCUT2D eigenvalue weighted by Crippen LogP contribution is -2.27. The molecule has 5 heteroatoms. The van der Waals surface area contributed by atoms with Crippen molar-refractivity contribution in [2.45, 2.75) is 26.1 Å². The van der Waals surface area contributed by atoms with E-state index in [-0.39, 0.29) is 35.5 Å². The van der Waals surface area contributed by atoms with Gasteiger partial charge in [0.25, 0.3) is 0 Å². The quantitative estimate of drug-likeness (QED) is 0.381. The van der Waals surface area contributed by atoms with E-state index in [4.69, 9.17) is 4.74 Å². The second kappa shape index (κ2) is 9.07. The first-order valence-electron chi connectivity index (χ1n) is 8.29. The first-order chi connectivity index (χ1) is 11.6. The zero-order valence-electron chi connectivity index (χ0n) is 14.8. The Bertz CT molecular complexity index is 907. The number of fused-ring (bicyclic) bond motifs is 2. The molecule has 0 fully saturated rings.